The highest BCUT2D eigenvalue weighted by molar-refractivity contribution is 8.77. The third kappa shape index (κ3) is 10.6. The number of anilines is 3. The number of nitrogens with zero attached hydrogens (tertiary/aromatic N) is 5. The molecule has 1 saturated heterocycles. The average molecular weight is 1000 g/mol. The molecule has 4 aromatic carbocycles. The quantitative estimate of drug-likeness (QED) is 0.0467. The fourth-order valence-electron chi connectivity index (χ4n) is 9.57. The highest BCUT2D eigenvalue weighted by atomic mass is 33.1. The van der Waals surface area contributed by atoms with Gasteiger partial charge in [0.25, 0.3) is 11.8 Å². The van der Waals surface area contributed by atoms with Gasteiger partial charge in [0.2, 0.25) is 11.8 Å². The lowest BCUT2D eigenvalue weighted by molar-refractivity contribution is -0.141. The van der Waals surface area contributed by atoms with Crippen molar-refractivity contribution >= 4 is 86.1 Å². The fraction of sp³-hybridized carbons (Fsp3) is 0.415. The highest BCUT2D eigenvalue weighted by Gasteiger charge is 2.43. The molecule has 4 aromatic rings. The highest BCUT2D eigenvalue weighted by Crippen LogP contribution is 2.44. The van der Waals surface area contributed by atoms with Gasteiger partial charge in [0.05, 0.1) is 79.9 Å². The number of benzene rings is 4. The topological polar surface area (TPSA) is 174 Å². The summed E-state index contributed by atoms with van der Waals surface area (Å²) in [6.45, 7) is 4.74. The molecule has 0 aromatic heterocycles. The normalized spacial score (nSPS) is 17.7. The zero-order valence-corrected chi connectivity index (χ0v) is 41.9. The average Bonchev–Trinajstić information content (AvgIpc) is 3.98. The summed E-state index contributed by atoms with van der Waals surface area (Å²) in [7, 11) is 6.17. The number of aliphatic imine (C=N–C) groups is 1. The van der Waals surface area contributed by atoms with E-state index in [2.05, 4.69) is 0 Å². The zero-order chi connectivity index (χ0) is 49.8. The molecule has 2 atom stereocenters. The van der Waals surface area contributed by atoms with Crippen LogP contribution in [0.2, 0.25) is 0 Å². The van der Waals surface area contributed by atoms with E-state index in [1.54, 1.807) is 62.8 Å². The van der Waals surface area contributed by atoms with Crippen molar-refractivity contribution in [3.63, 3.8) is 0 Å². The molecule has 0 N–H and O–H groups in total. The number of amides is 5. The predicted molar refractivity (Wildman–Crippen MR) is 273 cm³/mol. The van der Waals surface area contributed by atoms with E-state index in [9.17, 15) is 28.8 Å². The van der Waals surface area contributed by atoms with Crippen molar-refractivity contribution in [3.8, 4) is 23.0 Å². The largest absolute Gasteiger partial charge is 0.493 e. The van der Waals surface area contributed by atoms with Crippen molar-refractivity contribution in [1.29, 1.82) is 0 Å². The van der Waals surface area contributed by atoms with Gasteiger partial charge < -0.3 is 28.6 Å². The van der Waals surface area contributed by atoms with Crippen molar-refractivity contribution in [2.24, 2.45) is 4.99 Å². The zero-order valence-electron chi connectivity index (χ0n) is 40.3. The van der Waals surface area contributed by atoms with Crippen molar-refractivity contribution in [3.05, 3.63) is 95.1 Å². The number of para-hydroxylation sites is 2. The van der Waals surface area contributed by atoms with E-state index in [0.29, 0.717) is 91.0 Å². The number of hydrogen-bond donors (Lipinski definition) is 0. The Hall–Kier alpha value is -6.53. The van der Waals surface area contributed by atoms with Gasteiger partial charge in [0.15, 0.2) is 28.8 Å². The number of carbonyl (C=O) groups is 6. The number of methoxy groups -OCH3 is 2. The molecule has 0 radical (unpaired) electrons. The van der Waals surface area contributed by atoms with Crippen LogP contribution in [0.3, 0.4) is 0 Å². The number of imide groups is 1. The molecule has 1 fully saturated rings. The van der Waals surface area contributed by atoms with Gasteiger partial charge in [-0.3, -0.25) is 43.7 Å². The maximum atomic E-state index is 14.5. The first-order valence-electron chi connectivity index (χ1n) is 24.0. The van der Waals surface area contributed by atoms with Gasteiger partial charge in [0.1, 0.15) is 6.61 Å². The Morgan fingerprint density at radius 2 is 1.34 bits per heavy atom. The maximum Gasteiger partial charge on any atom is 0.414 e. The summed E-state index contributed by atoms with van der Waals surface area (Å²) in [5, 5.41) is 0. The summed E-state index contributed by atoms with van der Waals surface area (Å²) >= 11 is 0. The van der Waals surface area contributed by atoms with Crippen molar-refractivity contribution in [1.82, 2.24) is 4.90 Å². The Kier molecular flexibility index (Phi) is 14.9. The number of carbonyl (C=O) groups excluding carboxylic acids is 6. The van der Waals surface area contributed by atoms with E-state index in [1.165, 1.54) is 12.0 Å². The number of rotatable bonds is 20. The molecular formula is C53H57N5O11S2. The third-order valence-corrected chi connectivity index (χ3v) is 16.5. The summed E-state index contributed by atoms with van der Waals surface area (Å²) in [5.74, 6) is 1.21. The molecule has 5 aliphatic rings. The first-order valence-corrected chi connectivity index (χ1v) is 26.3. The Bertz CT molecular complexity index is 2770. The Morgan fingerprint density at radius 3 is 2.03 bits per heavy atom. The second-order valence-electron chi connectivity index (χ2n) is 18.7. The van der Waals surface area contributed by atoms with Crippen LogP contribution in [0.25, 0.3) is 0 Å². The number of hydrogen-bond acceptors (Lipinski definition) is 14. The monoisotopic (exact) mass is 1000 g/mol. The van der Waals surface area contributed by atoms with E-state index in [1.807, 2.05) is 68.6 Å². The molecule has 16 nitrogen and oxygen atoms in total. The summed E-state index contributed by atoms with van der Waals surface area (Å²) in [6.07, 6.45) is 5.78. The molecule has 71 heavy (non-hydrogen) atoms. The minimum Gasteiger partial charge on any atom is -0.493 e. The fourth-order valence-corrected chi connectivity index (χ4v) is 12.0. The second kappa shape index (κ2) is 21.4. The first kappa shape index (κ1) is 49.5. The number of Topliss-reactive ketones (excluding diaryl/α,β-unsaturated/α-hetero) is 1. The standard InChI is InChI=1S/C53H57N5O11S2/c1-53(2,71-70-22-12-15-37(59)31-56-48(60)18-19-49(56)61)32-69-52(64)55-30-36-24-34-14-7-9-17-42(34)58(36)51(63)39-26-45(66-4)47(28-43(39)55)68-21-11-5-10-20-67-46-27-40-38(25-44(46)65-3)50(62)57-35(29-54-40)23-33-13-6-8-16-41(33)57/h6-9,13-14,16-17,25-29,35-36H,5,10-12,15,18-24,30-32H2,1-4H3/t35-,36-/m0/s1. The Morgan fingerprint density at radius 1 is 0.718 bits per heavy atom. The molecule has 372 valence electrons. The summed E-state index contributed by atoms with van der Waals surface area (Å²) in [5.41, 5.74) is 5.47. The minimum atomic E-state index is -0.598. The Labute approximate surface area is 420 Å². The molecule has 5 heterocycles. The summed E-state index contributed by atoms with van der Waals surface area (Å²) < 4.78 is 29.5. The van der Waals surface area contributed by atoms with Crippen molar-refractivity contribution < 1.29 is 52.5 Å². The maximum absolute atomic E-state index is 14.5. The van der Waals surface area contributed by atoms with Crippen LogP contribution in [0, 0.1) is 0 Å². The minimum absolute atomic E-state index is 0.0701. The van der Waals surface area contributed by atoms with Crippen LogP contribution in [-0.2, 0) is 32.0 Å². The van der Waals surface area contributed by atoms with Crippen LogP contribution in [0.1, 0.15) is 90.6 Å². The SMILES string of the molecule is COc1cc2c(cc1OCCCCCOc1cc3c(cc1OC)C(=O)N1c4ccccc4C[C@H]1CN3C(=O)OCC(C)(C)SSCCCC(=O)CN1C(=O)CCC1=O)N=C[C@@H]1Cc3ccccc3N1C2=O. The van der Waals surface area contributed by atoms with Gasteiger partial charge in [0, 0.05) is 61.2 Å². The molecule has 0 bridgehead atoms. The molecule has 0 unspecified atom stereocenters. The van der Waals surface area contributed by atoms with E-state index >= 15 is 0 Å². The number of ether oxygens (including phenoxy) is 5. The number of likely N-dealkylation sites (tertiary alicyclic amines) is 1. The molecule has 5 amide bonds. The van der Waals surface area contributed by atoms with Crippen molar-refractivity contribution in [2.45, 2.75) is 88.5 Å². The lowest BCUT2D eigenvalue weighted by Gasteiger charge is -2.28. The molecular weight excluding hydrogens is 947 g/mol. The Balaban J connectivity index is 0.808. The molecule has 18 heteroatoms. The van der Waals surface area contributed by atoms with E-state index < -0.39 is 10.8 Å². The van der Waals surface area contributed by atoms with E-state index in [4.69, 9.17) is 28.7 Å². The van der Waals surface area contributed by atoms with Crippen molar-refractivity contribution in [2.75, 3.05) is 67.6 Å². The molecule has 0 saturated carbocycles. The lowest BCUT2D eigenvalue weighted by Crippen LogP contribution is -2.44. The van der Waals surface area contributed by atoms with E-state index in [-0.39, 0.29) is 86.0 Å². The van der Waals surface area contributed by atoms with Crippen LogP contribution in [0.4, 0.5) is 27.5 Å². The van der Waals surface area contributed by atoms with Gasteiger partial charge in [-0.1, -0.05) is 58.0 Å². The van der Waals surface area contributed by atoms with Gasteiger partial charge in [-0.2, -0.15) is 0 Å². The summed E-state index contributed by atoms with van der Waals surface area (Å²) in [6, 6.07) is 22.0. The predicted octanol–water partition coefficient (Wildman–Crippen LogP) is 8.81. The smallest absolute Gasteiger partial charge is 0.414 e. The van der Waals surface area contributed by atoms with Gasteiger partial charge in [-0.05, 0) is 81.3 Å². The molecule has 5 aliphatic heterocycles. The molecule has 0 spiro atoms. The molecule has 0 aliphatic carbocycles. The summed E-state index contributed by atoms with van der Waals surface area (Å²) in [4.78, 5) is 89.7. The van der Waals surface area contributed by atoms with Crippen LogP contribution < -0.4 is 33.6 Å². The number of fused-ring (bicyclic) bond motifs is 8. The first-order chi connectivity index (χ1) is 34.3. The van der Waals surface area contributed by atoms with E-state index in [0.717, 1.165) is 33.8 Å². The molecule has 9 rings (SSSR count). The second-order valence-corrected chi connectivity index (χ2v) is 21.8. The lowest BCUT2D eigenvalue weighted by atomic mass is 10.1. The third-order valence-electron chi connectivity index (χ3n) is 13.1. The van der Waals surface area contributed by atoms with Gasteiger partial charge >= 0.3 is 6.09 Å². The van der Waals surface area contributed by atoms with Gasteiger partial charge in [-0.25, -0.2) is 4.79 Å². The van der Waals surface area contributed by atoms with Gasteiger partial charge in [-0.15, -0.1) is 0 Å². The van der Waals surface area contributed by atoms with Crippen LogP contribution in [-0.4, -0.2) is 116 Å². The van der Waals surface area contributed by atoms with Crippen LogP contribution in [0.5, 0.6) is 23.0 Å². The van der Waals surface area contributed by atoms with Crippen LogP contribution >= 0.6 is 21.6 Å². The number of unbranched alkanes of at least 4 members (excludes halogenated alkanes) is 2. The number of ketones is 1. The van der Waals surface area contributed by atoms with Crippen LogP contribution in [0.15, 0.2) is 77.8 Å².